The molecule has 5 heteroatoms. The van der Waals surface area contributed by atoms with Gasteiger partial charge in [-0.1, -0.05) is 79.2 Å². The molecule has 37 heavy (non-hydrogen) atoms. The van der Waals surface area contributed by atoms with Crippen molar-refractivity contribution < 1.29 is 13.2 Å². The summed E-state index contributed by atoms with van der Waals surface area (Å²) in [5.41, 5.74) is 1.94. The van der Waals surface area contributed by atoms with Crippen molar-refractivity contribution in [3.05, 3.63) is 107 Å². The van der Waals surface area contributed by atoms with Gasteiger partial charge in [0, 0.05) is 13.1 Å². The first-order valence-corrected chi connectivity index (χ1v) is 13.3. The second kappa shape index (κ2) is 12.4. The Kier molecular flexibility index (Phi) is 9.05. The molecule has 3 aromatic carbocycles. The van der Waals surface area contributed by atoms with Gasteiger partial charge in [0.2, 0.25) is 0 Å². The van der Waals surface area contributed by atoms with Crippen molar-refractivity contribution in [2.24, 2.45) is 5.92 Å². The number of hydrogen-bond acceptors (Lipinski definition) is 2. The van der Waals surface area contributed by atoms with Crippen LogP contribution in [-0.4, -0.2) is 24.5 Å². The van der Waals surface area contributed by atoms with Gasteiger partial charge in [0.15, 0.2) is 0 Å². The Hall–Kier alpha value is -3.10. The molecule has 2 nitrogen and oxygen atoms in total. The zero-order valence-electron chi connectivity index (χ0n) is 21.3. The van der Waals surface area contributed by atoms with Gasteiger partial charge in [0.05, 0.1) is 17.0 Å². The first-order valence-electron chi connectivity index (χ1n) is 13.3. The molecule has 194 valence electrons. The number of alkyl halides is 3. The van der Waals surface area contributed by atoms with E-state index in [-0.39, 0.29) is 5.92 Å². The first-order chi connectivity index (χ1) is 17.9. The molecule has 1 saturated carbocycles. The molecule has 0 radical (unpaired) electrons. The highest BCUT2D eigenvalue weighted by molar-refractivity contribution is 5.37. The van der Waals surface area contributed by atoms with Gasteiger partial charge in [-0.05, 0) is 79.8 Å². The van der Waals surface area contributed by atoms with Gasteiger partial charge >= 0.3 is 6.18 Å². The molecule has 0 aliphatic heterocycles. The zero-order chi connectivity index (χ0) is 26.1. The molecule has 0 bridgehead atoms. The molecule has 0 heterocycles. The fourth-order valence-electron chi connectivity index (χ4n) is 5.43. The Morgan fingerprint density at radius 2 is 1.24 bits per heavy atom. The summed E-state index contributed by atoms with van der Waals surface area (Å²) in [6, 6.07) is 28.8. The largest absolute Gasteiger partial charge is 0.416 e. The predicted molar refractivity (Wildman–Crippen MR) is 142 cm³/mol. The maximum atomic E-state index is 13.1. The van der Waals surface area contributed by atoms with E-state index in [1.54, 1.807) is 0 Å². The highest BCUT2D eigenvalue weighted by Gasteiger charge is 2.43. The van der Waals surface area contributed by atoms with Crippen LogP contribution in [0.5, 0.6) is 0 Å². The van der Waals surface area contributed by atoms with Crippen LogP contribution in [0.1, 0.15) is 54.4 Å². The fourth-order valence-corrected chi connectivity index (χ4v) is 5.43. The summed E-state index contributed by atoms with van der Waals surface area (Å²) in [6.45, 7) is 2.72. The molecular formula is C32H35F3N2. The number of nitrogens with zero attached hydrogens (tertiary/aromatic N) is 2. The highest BCUT2D eigenvalue weighted by Crippen LogP contribution is 2.47. The maximum absolute atomic E-state index is 13.1. The van der Waals surface area contributed by atoms with Crippen molar-refractivity contribution in [3.63, 3.8) is 0 Å². The maximum Gasteiger partial charge on any atom is 0.416 e. The standard InChI is InChI=1S/C32H35F3N2/c33-32(34,35)30-17-15-29(16-18-30)31(25-36,28-13-7-14-28)21-8-22-37(23-19-26-9-3-1-4-10-26)24-20-27-11-5-2-6-12-27/h1-6,9-12,15-18,28H,7-8,13-14,19-24H2. The van der Waals surface area contributed by atoms with E-state index in [1.165, 1.54) is 23.3 Å². The second-order valence-corrected chi connectivity index (χ2v) is 10.2. The molecule has 1 unspecified atom stereocenters. The van der Waals surface area contributed by atoms with Crippen LogP contribution in [0.25, 0.3) is 0 Å². The molecule has 1 aliphatic rings. The summed E-state index contributed by atoms with van der Waals surface area (Å²) < 4.78 is 39.4. The number of rotatable bonds is 12. The van der Waals surface area contributed by atoms with Crippen LogP contribution in [-0.2, 0) is 24.4 Å². The summed E-state index contributed by atoms with van der Waals surface area (Å²) >= 11 is 0. The van der Waals surface area contributed by atoms with Gasteiger partial charge in [-0.3, -0.25) is 0 Å². The Balaban J connectivity index is 1.45. The van der Waals surface area contributed by atoms with Crippen molar-refractivity contribution in [3.8, 4) is 6.07 Å². The minimum absolute atomic E-state index is 0.205. The van der Waals surface area contributed by atoms with E-state index in [0.717, 1.165) is 75.9 Å². The van der Waals surface area contributed by atoms with Crippen molar-refractivity contribution in [1.29, 1.82) is 5.26 Å². The lowest BCUT2D eigenvalue weighted by atomic mass is 9.60. The number of benzene rings is 3. The SMILES string of the molecule is N#CC(CCCN(CCc1ccccc1)CCc1ccccc1)(c1ccc(C(F)(F)F)cc1)C1CCC1. The van der Waals surface area contributed by atoms with Crippen molar-refractivity contribution in [1.82, 2.24) is 4.90 Å². The third-order valence-corrected chi connectivity index (χ3v) is 7.89. The zero-order valence-corrected chi connectivity index (χ0v) is 21.3. The summed E-state index contributed by atoms with van der Waals surface area (Å²) in [7, 11) is 0. The second-order valence-electron chi connectivity index (χ2n) is 10.2. The van der Waals surface area contributed by atoms with Crippen LogP contribution in [0.3, 0.4) is 0 Å². The topological polar surface area (TPSA) is 27.0 Å². The summed E-state index contributed by atoms with van der Waals surface area (Å²) in [6.07, 6.45) is 2.03. The van der Waals surface area contributed by atoms with Crippen LogP contribution in [0.4, 0.5) is 13.2 Å². The van der Waals surface area contributed by atoms with Crippen molar-refractivity contribution in [2.75, 3.05) is 19.6 Å². The van der Waals surface area contributed by atoms with E-state index in [2.05, 4.69) is 59.5 Å². The summed E-state index contributed by atoms with van der Waals surface area (Å²) in [4.78, 5) is 2.47. The van der Waals surface area contributed by atoms with Crippen LogP contribution in [0.2, 0.25) is 0 Å². The first kappa shape index (κ1) is 26.9. The Morgan fingerprint density at radius 3 is 1.68 bits per heavy atom. The van der Waals surface area contributed by atoms with Gasteiger partial charge in [-0.15, -0.1) is 0 Å². The van der Waals surface area contributed by atoms with Crippen LogP contribution >= 0.6 is 0 Å². The van der Waals surface area contributed by atoms with Gasteiger partial charge in [0.25, 0.3) is 0 Å². The minimum atomic E-state index is -4.37. The molecule has 1 aliphatic carbocycles. The molecular weight excluding hydrogens is 469 g/mol. The third kappa shape index (κ3) is 7.02. The number of hydrogen-bond donors (Lipinski definition) is 0. The summed E-state index contributed by atoms with van der Waals surface area (Å²) in [5.74, 6) is 0.205. The lowest BCUT2D eigenvalue weighted by Gasteiger charge is -2.41. The number of halogens is 3. The van der Waals surface area contributed by atoms with Gasteiger partial charge in [-0.2, -0.15) is 18.4 Å². The van der Waals surface area contributed by atoms with E-state index >= 15 is 0 Å². The molecule has 3 aromatic rings. The molecule has 0 amide bonds. The van der Waals surface area contributed by atoms with E-state index < -0.39 is 17.2 Å². The summed E-state index contributed by atoms with van der Waals surface area (Å²) in [5, 5.41) is 10.4. The Bertz CT molecular complexity index is 1090. The van der Waals surface area contributed by atoms with Gasteiger partial charge in [-0.25, -0.2) is 0 Å². The monoisotopic (exact) mass is 504 g/mol. The quantitative estimate of drug-likeness (QED) is 0.251. The van der Waals surface area contributed by atoms with Crippen molar-refractivity contribution >= 4 is 0 Å². The molecule has 0 N–H and O–H groups in total. The Labute approximate surface area is 218 Å². The molecule has 0 saturated heterocycles. The Morgan fingerprint density at radius 1 is 0.730 bits per heavy atom. The molecule has 4 rings (SSSR count). The normalized spacial score (nSPS) is 15.6. The van der Waals surface area contributed by atoms with E-state index in [9.17, 15) is 18.4 Å². The van der Waals surface area contributed by atoms with Gasteiger partial charge < -0.3 is 4.90 Å². The average molecular weight is 505 g/mol. The molecule has 0 spiro atoms. The van der Waals surface area contributed by atoms with E-state index in [4.69, 9.17) is 0 Å². The van der Waals surface area contributed by atoms with Crippen LogP contribution in [0.15, 0.2) is 84.9 Å². The highest BCUT2D eigenvalue weighted by atomic mass is 19.4. The third-order valence-electron chi connectivity index (χ3n) is 7.89. The van der Waals surface area contributed by atoms with Gasteiger partial charge in [0.1, 0.15) is 0 Å². The van der Waals surface area contributed by atoms with E-state index in [0.29, 0.717) is 6.42 Å². The molecule has 0 aromatic heterocycles. The fraction of sp³-hybridized carbons (Fsp3) is 0.406. The predicted octanol–water partition coefficient (Wildman–Crippen LogP) is 7.83. The van der Waals surface area contributed by atoms with Crippen LogP contribution < -0.4 is 0 Å². The average Bonchev–Trinajstić information content (AvgIpc) is 2.89. The van der Waals surface area contributed by atoms with Crippen molar-refractivity contribution in [2.45, 2.75) is 56.5 Å². The lowest BCUT2D eigenvalue weighted by molar-refractivity contribution is -0.137. The van der Waals surface area contributed by atoms with E-state index in [1.807, 2.05) is 12.1 Å². The molecule has 1 atom stereocenters. The molecule has 1 fully saturated rings. The lowest BCUT2D eigenvalue weighted by Crippen LogP contribution is -2.39. The van der Waals surface area contributed by atoms with Crippen LogP contribution in [0, 0.1) is 17.2 Å². The minimum Gasteiger partial charge on any atom is -0.303 e. The number of nitriles is 1. The smallest absolute Gasteiger partial charge is 0.303 e.